The van der Waals surface area contributed by atoms with Crippen LogP contribution in [-0.4, -0.2) is 46.8 Å². The van der Waals surface area contributed by atoms with Crippen molar-refractivity contribution < 1.29 is 19.6 Å². The van der Waals surface area contributed by atoms with Crippen LogP contribution < -0.4 is 4.90 Å². The third kappa shape index (κ3) is 5.51. The number of allylic oxidation sites excluding steroid dienone is 1. The molecule has 1 saturated carbocycles. The fourth-order valence-corrected chi connectivity index (χ4v) is 3.68. The maximum absolute atomic E-state index is 11.8. The van der Waals surface area contributed by atoms with Gasteiger partial charge in [-0.3, -0.25) is 10.1 Å². The molecule has 2 rings (SSSR count). The highest BCUT2D eigenvalue weighted by Crippen LogP contribution is 2.34. The van der Waals surface area contributed by atoms with Crippen molar-refractivity contribution in [3.05, 3.63) is 34.0 Å². The molecule has 1 aliphatic carbocycles. The van der Waals surface area contributed by atoms with Gasteiger partial charge in [-0.2, -0.15) is 0 Å². The van der Waals surface area contributed by atoms with Crippen LogP contribution in [0.25, 0.3) is 5.57 Å². The predicted octanol–water partition coefficient (Wildman–Crippen LogP) is 3.90. The van der Waals surface area contributed by atoms with Crippen molar-refractivity contribution in [2.75, 3.05) is 18.6 Å². The van der Waals surface area contributed by atoms with Crippen molar-refractivity contribution in [2.45, 2.75) is 58.6 Å². The van der Waals surface area contributed by atoms with Gasteiger partial charge in [0.15, 0.2) is 0 Å². The van der Waals surface area contributed by atoms with Crippen molar-refractivity contribution in [2.24, 2.45) is 5.92 Å². The maximum Gasteiger partial charge on any atom is 0.328 e. The van der Waals surface area contributed by atoms with E-state index in [0.29, 0.717) is 29.4 Å². The number of aliphatic carboxylic acids is 1. The Morgan fingerprint density at radius 2 is 2.07 bits per heavy atom. The third-order valence-corrected chi connectivity index (χ3v) is 5.09. The zero-order valence-electron chi connectivity index (χ0n) is 16.9. The van der Waals surface area contributed by atoms with E-state index < -0.39 is 10.9 Å². The van der Waals surface area contributed by atoms with E-state index >= 15 is 0 Å². The van der Waals surface area contributed by atoms with Crippen LogP contribution in [0.2, 0.25) is 0 Å². The number of carboxylic acid groups (broad SMARTS) is 1. The lowest BCUT2D eigenvalue weighted by Crippen LogP contribution is -2.42. The minimum Gasteiger partial charge on any atom is -0.478 e. The number of hydrogen-bond donors (Lipinski definition) is 1. The van der Waals surface area contributed by atoms with E-state index in [1.54, 1.807) is 14.0 Å². The van der Waals surface area contributed by atoms with Crippen LogP contribution in [0, 0.1) is 16.0 Å². The number of carboxylic acids is 1. The van der Waals surface area contributed by atoms with Gasteiger partial charge < -0.3 is 14.7 Å². The summed E-state index contributed by atoms with van der Waals surface area (Å²) in [5.74, 6) is -0.429. The first-order valence-corrected chi connectivity index (χ1v) is 9.58. The molecule has 8 heteroatoms. The predicted molar refractivity (Wildman–Crippen MR) is 107 cm³/mol. The topological polar surface area (TPSA) is 106 Å². The standard InChI is InChI=1S/C20H29N3O5/c1-13(2)12-22(16-5-7-17(28-4)8-6-16)20-18(23(26)27)10-15(11-21-20)14(3)9-19(24)25/h9-11,13,16-17H,5-8,12H2,1-4H3,(H,24,25)/b14-9+/t16-,17-. The lowest BCUT2D eigenvalue weighted by molar-refractivity contribution is -0.384. The van der Waals surface area contributed by atoms with Gasteiger partial charge in [-0.25, -0.2) is 9.78 Å². The fraction of sp³-hybridized carbons (Fsp3) is 0.600. The van der Waals surface area contributed by atoms with E-state index in [4.69, 9.17) is 9.84 Å². The van der Waals surface area contributed by atoms with Crippen LogP contribution in [-0.2, 0) is 9.53 Å². The summed E-state index contributed by atoms with van der Waals surface area (Å²) in [5, 5.41) is 20.7. The van der Waals surface area contributed by atoms with Crippen molar-refractivity contribution in [1.29, 1.82) is 0 Å². The Morgan fingerprint density at radius 1 is 1.43 bits per heavy atom. The molecule has 8 nitrogen and oxygen atoms in total. The molecule has 0 aromatic carbocycles. The van der Waals surface area contributed by atoms with Crippen molar-refractivity contribution in [3.63, 3.8) is 0 Å². The van der Waals surface area contributed by atoms with Crippen LogP contribution in [0.4, 0.5) is 11.5 Å². The third-order valence-electron chi connectivity index (χ3n) is 5.09. The second-order valence-electron chi connectivity index (χ2n) is 7.70. The molecule has 0 amide bonds. The highest BCUT2D eigenvalue weighted by atomic mass is 16.6. The first kappa shape index (κ1) is 21.8. The molecule has 1 fully saturated rings. The molecule has 1 aromatic heterocycles. The number of methoxy groups -OCH3 is 1. The van der Waals surface area contributed by atoms with Gasteiger partial charge in [0, 0.05) is 43.6 Å². The van der Waals surface area contributed by atoms with Gasteiger partial charge in [0.2, 0.25) is 5.82 Å². The summed E-state index contributed by atoms with van der Waals surface area (Å²) in [4.78, 5) is 28.7. The molecule has 0 aliphatic heterocycles. The molecule has 1 N–H and O–H groups in total. The van der Waals surface area contributed by atoms with Gasteiger partial charge in [-0.1, -0.05) is 13.8 Å². The highest BCUT2D eigenvalue weighted by Gasteiger charge is 2.31. The van der Waals surface area contributed by atoms with E-state index in [0.717, 1.165) is 31.8 Å². The molecule has 154 valence electrons. The lowest BCUT2D eigenvalue weighted by atomic mass is 9.91. The molecule has 0 radical (unpaired) electrons. The zero-order valence-corrected chi connectivity index (χ0v) is 16.9. The highest BCUT2D eigenvalue weighted by molar-refractivity contribution is 5.89. The quantitative estimate of drug-likeness (QED) is 0.407. The van der Waals surface area contributed by atoms with E-state index in [1.165, 1.54) is 12.3 Å². The summed E-state index contributed by atoms with van der Waals surface area (Å²) in [7, 11) is 1.72. The number of anilines is 1. The van der Waals surface area contributed by atoms with Gasteiger partial charge in [-0.05, 0) is 44.1 Å². The van der Waals surface area contributed by atoms with Crippen molar-refractivity contribution in [3.8, 4) is 0 Å². The maximum atomic E-state index is 11.8. The number of carbonyl (C=O) groups is 1. The van der Waals surface area contributed by atoms with Gasteiger partial charge in [-0.15, -0.1) is 0 Å². The minimum atomic E-state index is -1.10. The molecule has 1 aliphatic rings. The molecule has 0 atom stereocenters. The summed E-state index contributed by atoms with van der Waals surface area (Å²) in [5.41, 5.74) is 0.765. The first-order chi connectivity index (χ1) is 13.2. The molecule has 28 heavy (non-hydrogen) atoms. The fourth-order valence-electron chi connectivity index (χ4n) is 3.68. The van der Waals surface area contributed by atoms with Gasteiger partial charge in [0.05, 0.1) is 11.0 Å². The monoisotopic (exact) mass is 391 g/mol. The summed E-state index contributed by atoms with van der Waals surface area (Å²) in [6.07, 6.45) is 6.41. The average Bonchev–Trinajstić information content (AvgIpc) is 2.65. The van der Waals surface area contributed by atoms with E-state index in [1.807, 2.05) is 0 Å². The Kier molecular flexibility index (Phi) is 7.51. The van der Waals surface area contributed by atoms with Crippen LogP contribution in [0.15, 0.2) is 18.3 Å². The van der Waals surface area contributed by atoms with Gasteiger partial charge >= 0.3 is 11.7 Å². The zero-order chi connectivity index (χ0) is 20.8. The number of ether oxygens (including phenoxy) is 1. The molecule has 0 spiro atoms. The average molecular weight is 391 g/mol. The van der Waals surface area contributed by atoms with E-state index in [9.17, 15) is 14.9 Å². The number of pyridine rings is 1. The summed E-state index contributed by atoms with van der Waals surface area (Å²) in [6, 6.07) is 1.59. The normalized spacial score (nSPS) is 20.2. The summed E-state index contributed by atoms with van der Waals surface area (Å²) >= 11 is 0. The molecule has 0 unspecified atom stereocenters. The number of nitro groups is 1. The number of rotatable bonds is 8. The number of aromatic nitrogens is 1. The van der Waals surface area contributed by atoms with Crippen LogP contribution in [0.1, 0.15) is 52.0 Å². The molecule has 0 saturated heterocycles. The molecular weight excluding hydrogens is 362 g/mol. The minimum absolute atomic E-state index is 0.0925. The first-order valence-electron chi connectivity index (χ1n) is 9.58. The van der Waals surface area contributed by atoms with Crippen LogP contribution >= 0.6 is 0 Å². The SMILES string of the molecule is CO[C@H]1CC[C@H](N(CC(C)C)c2ncc(/C(C)=C/C(=O)O)cc2[N+](=O)[O-])CC1. The van der Waals surface area contributed by atoms with Crippen molar-refractivity contribution >= 4 is 23.0 Å². The van der Waals surface area contributed by atoms with Crippen molar-refractivity contribution in [1.82, 2.24) is 4.98 Å². The number of nitrogens with zero attached hydrogens (tertiary/aromatic N) is 3. The molecule has 0 bridgehead atoms. The summed E-state index contributed by atoms with van der Waals surface area (Å²) in [6.45, 7) is 6.42. The van der Waals surface area contributed by atoms with Gasteiger partial charge in [0.25, 0.3) is 0 Å². The Hall–Kier alpha value is -2.48. The Labute approximate surface area is 165 Å². The Bertz CT molecular complexity index is 739. The molecule has 1 heterocycles. The molecular formula is C20H29N3O5. The van der Waals surface area contributed by atoms with Gasteiger partial charge in [0.1, 0.15) is 0 Å². The van der Waals surface area contributed by atoms with Crippen LogP contribution in [0.5, 0.6) is 0 Å². The molecule has 1 aromatic rings. The summed E-state index contributed by atoms with van der Waals surface area (Å²) < 4.78 is 5.45. The Morgan fingerprint density at radius 3 is 2.57 bits per heavy atom. The van der Waals surface area contributed by atoms with Crippen LogP contribution in [0.3, 0.4) is 0 Å². The Balaban J connectivity index is 2.41. The second kappa shape index (κ2) is 9.64. The lowest BCUT2D eigenvalue weighted by Gasteiger charge is -2.38. The largest absolute Gasteiger partial charge is 0.478 e. The second-order valence-corrected chi connectivity index (χ2v) is 7.70. The smallest absolute Gasteiger partial charge is 0.328 e. The van der Waals surface area contributed by atoms with E-state index in [-0.39, 0.29) is 17.8 Å². The number of hydrogen-bond acceptors (Lipinski definition) is 6. The van der Waals surface area contributed by atoms with E-state index in [2.05, 4.69) is 23.7 Å².